The van der Waals surface area contributed by atoms with Crippen LogP contribution in [-0.4, -0.2) is 40.8 Å². The Morgan fingerprint density at radius 2 is 1.88 bits per heavy atom. The molecule has 0 aliphatic heterocycles. The Balaban J connectivity index is 0.00000400. The van der Waals surface area contributed by atoms with Crippen LogP contribution in [-0.2, 0) is 9.59 Å². The molecule has 0 aromatic heterocycles. The number of hydrogen-bond donors (Lipinski definition) is 3. The maximum absolute atomic E-state index is 12.1. The minimum absolute atomic E-state index is 0. The molecule has 4 aliphatic carbocycles. The molecule has 0 saturated heterocycles. The number of carbonyl (C=O) groups excluding carboxylic acids is 2. The van der Waals surface area contributed by atoms with E-state index in [1.807, 2.05) is 6.92 Å². The van der Waals surface area contributed by atoms with Gasteiger partial charge in [-0.15, -0.1) is 0 Å². The van der Waals surface area contributed by atoms with Crippen LogP contribution in [0.25, 0.3) is 0 Å². The van der Waals surface area contributed by atoms with Crippen LogP contribution in [0.3, 0.4) is 0 Å². The largest absolute Gasteiger partial charge is 1.00 e. The van der Waals surface area contributed by atoms with Gasteiger partial charge in [0.2, 0.25) is 5.91 Å². The third-order valence-corrected chi connectivity index (χ3v) is 9.86. The van der Waals surface area contributed by atoms with Gasteiger partial charge < -0.3 is 25.4 Å². The number of carbonyl (C=O) groups is 2. The van der Waals surface area contributed by atoms with E-state index in [0.717, 1.165) is 25.7 Å². The molecule has 1 amide bonds. The summed E-state index contributed by atoms with van der Waals surface area (Å²) in [7, 11) is 0. The van der Waals surface area contributed by atoms with Gasteiger partial charge in [-0.3, -0.25) is 4.79 Å². The topological polar surface area (TPSA) is 110 Å². The van der Waals surface area contributed by atoms with Crippen molar-refractivity contribution in [2.75, 3.05) is 6.54 Å². The molecule has 7 heteroatoms. The molecule has 4 fully saturated rings. The number of fused-ring (bicyclic) bond motifs is 5. The van der Waals surface area contributed by atoms with Gasteiger partial charge in [-0.05, 0) is 104 Å². The van der Waals surface area contributed by atoms with Gasteiger partial charge in [0.05, 0.1) is 26.1 Å². The predicted octanol–water partition coefficient (Wildman–Crippen LogP) is -0.737. The number of carboxylic acid groups (broad SMARTS) is 1. The van der Waals surface area contributed by atoms with Gasteiger partial charge in [0.25, 0.3) is 0 Å². The van der Waals surface area contributed by atoms with Crippen molar-refractivity contribution < 1.29 is 61.3 Å². The van der Waals surface area contributed by atoms with Crippen molar-refractivity contribution in [3.05, 3.63) is 0 Å². The Kier molecular flexibility index (Phi) is 6.65. The van der Waals surface area contributed by atoms with E-state index in [0.29, 0.717) is 12.3 Å². The van der Waals surface area contributed by atoms with E-state index in [2.05, 4.69) is 19.2 Å². The summed E-state index contributed by atoms with van der Waals surface area (Å²) in [5.74, 6) is -1.92. The third kappa shape index (κ3) is 5.07. The van der Waals surface area contributed by atoms with Crippen molar-refractivity contribution in [2.45, 2.75) is 97.1 Å². The van der Waals surface area contributed by atoms with Crippen LogP contribution in [0.1, 0.15) is 91.7 Å². The van der Waals surface area contributed by atoms with E-state index >= 15 is 0 Å². The van der Waals surface area contributed by atoms with Crippen molar-refractivity contribution in [1.29, 1.82) is 0 Å². The van der Waals surface area contributed by atoms with Crippen molar-refractivity contribution >= 4 is 11.9 Å². The normalized spacial score (nSPS) is 52.6. The molecule has 4 aliphatic rings. The van der Waals surface area contributed by atoms with Crippen molar-refractivity contribution in [3.63, 3.8) is 0 Å². The van der Waals surface area contributed by atoms with Gasteiger partial charge in [0, 0.05) is 11.9 Å². The second kappa shape index (κ2) is 10.5. The number of hydrogen-bond acceptors (Lipinski definition) is 5. The summed E-state index contributed by atoms with van der Waals surface area (Å²) in [5.41, 5.74) is -0.860. The standard InChI is InChI=1S/C26H43NO5.Na/c1-15(4-7-22(30)27-14-23(31)32)18-5-6-19-24-20(9-11-26(18,19)3)25(2)10-8-17(28)12-16(25)13-21(24)29;/h15-21,24,28-29H,4-14H2,1-3H3,(H,27,30)(H,31,32);/q;+1/p-1/t15-,16+,17-,18-,19+,20+,21-,24+,25+,26-;/m1./s1/i8D2,12D2,17D;. The minimum atomic E-state index is -2.89. The van der Waals surface area contributed by atoms with Crippen LogP contribution < -0.4 is 40.0 Å². The predicted molar refractivity (Wildman–Crippen MR) is 119 cm³/mol. The van der Waals surface area contributed by atoms with Crippen LogP contribution >= 0.6 is 0 Å². The Bertz CT molecular complexity index is 938. The molecule has 33 heavy (non-hydrogen) atoms. The van der Waals surface area contributed by atoms with E-state index in [9.17, 15) is 24.9 Å². The fourth-order valence-electron chi connectivity index (χ4n) is 8.19. The first-order valence-corrected chi connectivity index (χ1v) is 12.3. The Morgan fingerprint density at radius 1 is 1.18 bits per heavy atom. The van der Waals surface area contributed by atoms with Crippen LogP contribution in [0.5, 0.6) is 0 Å². The molecule has 6 nitrogen and oxygen atoms in total. The molecular formula is C26H42NNaO5. The van der Waals surface area contributed by atoms with E-state index in [-0.39, 0.29) is 83.8 Å². The number of amides is 1. The number of carboxylic acids is 1. The average Bonchev–Trinajstić information content (AvgIpc) is 3.13. The molecule has 0 spiro atoms. The number of rotatable bonds is 6. The second-order valence-electron chi connectivity index (χ2n) is 11.4. The second-order valence-corrected chi connectivity index (χ2v) is 11.4. The first kappa shape index (κ1) is 21.0. The summed E-state index contributed by atoms with van der Waals surface area (Å²) in [6.07, 6.45) is -4.29. The molecule has 3 N–H and O–H groups in total. The average molecular weight is 477 g/mol. The van der Waals surface area contributed by atoms with Crippen LogP contribution in [0.4, 0.5) is 0 Å². The van der Waals surface area contributed by atoms with Crippen LogP contribution in [0.2, 0.25) is 0 Å². The zero-order valence-corrected chi connectivity index (χ0v) is 22.5. The number of nitrogens with one attached hydrogen (secondary N) is 1. The van der Waals surface area contributed by atoms with Crippen molar-refractivity contribution in [3.8, 4) is 0 Å². The van der Waals surface area contributed by atoms with Gasteiger partial charge in [0.1, 0.15) is 0 Å². The molecule has 182 valence electrons. The first-order valence-electron chi connectivity index (χ1n) is 14.8. The third-order valence-electron chi connectivity index (χ3n) is 9.86. The monoisotopic (exact) mass is 476 g/mol. The van der Waals surface area contributed by atoms with E-state index in [4.69, 9.17) is 6.85 Å². The van der Waals surface area contributed by atoms with Gasteiger partial charge in [-0.25, -0.2) is 0 Å². The molecule has 0 unspecified atom stereocenters. The summed E-state index contributed by atoms with van der Waals surface area (Å²) in [4.78, 5) is 22.6. The van der Waals surface area contributed by atoms with Crippen LogP contribution in [0, 0.1) is 46.3 Å². The smallest absolute Gasteiger partial charge is 0.548 e. The zero-order valence-electron chi connectivity index (χ0n) is 25.5. The molecular weight excluding hydrogens is 429 g/mol. The van der Waals surface area contributed by atoms with Crippen molar-refractivity contribution in [1.82, 2.24) is 5.32 Å². The summed E-state index contributed by atoms with van der Waals surface area (Å²) in [6.45, 7) is 5.81. The number of aliphatic hydroxyl groups is 2. The van der Waals surface area contributed by atoms with Gasteiger partial charge in [-0.1, -0.05) is 20.8 Å². The Morgan fingerprint density at radius 3 is 2.58 bits per heavy atom. The Labute approximate surface area is 228 Å². The fraction of sp³-hybridized carbons (Fsp3) is 0.923. The van der Waals surface area contributed by atoms with E-state index in [1.165, 1.54) is 0 Å². The van der Waals surface area contributed by atoms with Crippen LogP contribution in [0.15, 0.2) is 0 Å². The molecule has 10 atom stereocenters. The van der Waals surface area contributed by atoms with Gasteiger partial charge >= 0.3 is 29.6 Å². The fourth-order valence-corrected chi connectivity index (χ4v) is 8.19. The SMILES string of the molecule is [2H]C1([2H])C[C@@]2(C)[C@H](C[C@@H](O)[C@@H]3[C@@H]2CC[C@]2(C)[C@@H]([C@H](C)CCC(=O)NCC(=O)[O-])CC[C@@H]32)C([2H])([2H])[C@]1([2H])O.[Na+]. The maximum atomic E-state index is 12.1. The molecule has 4 saturated carbocycles. The first-order chi connectivity index (χ1) is 16.9. The molecule has 0 aromatic carbocycles. The summed E-state index contributed by atoms with van der Waals surface area (Å²) >= 11 is 0. The van der Waals surface area contributed by atoms with E-state index in [1.54, 1.807) is 0 Å². The minimum Gasteiger partial charge on any atom is -0.548 e. The molecule has 0 bridgehead atoms. The summed E-state index contributed by atoms with van der Waals surface area (Å²) in [6, 6.07) is 0. The Hall–Kier alpha value is -0.140. The van der Waals surface area contributed by atoms with E-state index < -0.39 is 48.8 Å². The molecule has 0 aromatic rings. The molecule has 4 rings (SSSR count). The van der Waals surface area contributed by atoms with Gasteiger partial charge in [0.15, 0.2) is 0 Å². The quantitative estimate of drug-likeness (QED) is 0.438. The number of aliphatic carboxylic acids is 1. The summed E-state index contributed by atoms with van der Waals surface area (Å²) < 4.78 is 42.4. The molecule has 0 radical (unpaired) electrons. The maximum Gasteiger partial charge on any atom is 1.00 e. The number of aliphatic hydroxyl groups excluding tert-OH is 1. The van der Waals surface area contributed by atoms with Crippen molar-refractivity contribution in [2.24, 2.45) is 46.3 Å². The van der Waals surface area contributed by atoms with Gasteiger partial charge in [-0.2, -0.15) is 0 Å². The molecule has 0 heterocycles. The summed E-state index contributed by atoms with van der Waals surface area (Å²) in [5, 5.41) is 35.1. The zero-order chi connectivity index (χ0) is 27.8.